The van der Waals surface area contributed by atoms with Crippen LogP contribution in [-0.2, 0) is 26.2 Å². The third-order valence-corrected chi connectivity index (χ3v) is 5.35. The maximum absolute atomic E-state index is 3.51. The SMILES string of the molecule is Cc1c(C)c(C)[c-](C)c1C.Cc1cc2c(Br)cccc2[cH-]1.[Br-].[Br-].[Zr+4]. The van der Waals surface area contributed by atoms with Crippen molar-refractivity contribution >= 4 is 26.7 Å². The van der Waals surface area contributed by atoms with Crippen LogP contribution in [-0.4, -0.2) is 0 Å². The largest absolute Gasteiger partial charge is 4.00 e. The maximum atomic E-state index is 3.51. The minimum absolute atomic E-state index is 0. The molecule has 0 aliphatic rings. The van der Waals surface area contributed by atoms with Gasteiger partial charge in [-0.2, -0.15) is 33.9 Å². The van der Waals surface area contributed by atoms with E-state index in [2.05, 4.69) is 87.8 Å². The molecule has 0 radical (unpaired) electrons. The Balaban J connectivity index is 0. The summed E-state index contributed by atoms with van der Waals surface area (Å²) in [7, 11) is 0. The van der Waals surface area contributed by atoms with Crippen LogP contribution < -0.4 is 34.0 Å². The fourth-order valence-electron chi connectivity index (χ4n) is 2.75. The van der Waals surface area contributed by atoms with E-state index in [9.17, 15) is 0 Å². The third-order valence-electron chi connectivity index (χ3n) is 4.65. The Hall–Kier alpha value is 0.503. The molecular formula is C20H23Br3Zr. The number of hydrogen-bond donors (Lipinski definition) is 0. The van der Waals surface area contributed by atoms with Gasteiger partial charge in [0.05, 0.1) is 0 Å². The van der Waals surface area contributed by atoms with Crippen molar-refractivity contribution in [3.05, 3.63) is 68.2 Å². The van der Waals surface area contributed by atoms with Gasteiger partial charge in [-0.05, 0) is 4.47 Å². The third kappa shape index (κ3) is 5.76. The molecule has 0 heterocycles. The number of benzene rings is 1. The Kier molecular flexibility index (Phi) is 12.5. The van der Waals surface area contributed by atoms with Crippen LogP contribution in [0.15, 0.2) is 34.8 Å². The summed E-state index contributed by atoms with van der Waals surface area (Å²) >= 11 is 3.51. The first-order valence-corrected chi connectivity index (χ1v) is 8.13. The molecule has 0 aromatic heterocycles. The summed E-state index contributed by atoms with van der Waals surface area (Å²) in [6.07, 6.45) is 0. The molecule has 0 nitrogen and oxygen atoms in total. The van der Waals surface area contributed by atoms with E-state index < -0.39 is 0 Å². The van der Waals surface area contributed by atoms with E-state index in [0.29, 0.717) is 0 Å². The molecule has 3 aromatic rings. The van der Waals surface area contributed by atoms with Crippen molar-refractivity contribution in [2.24, 2.45) is 0 Å². The molecule has 0 atom stereocenters. The van der Waals surface area contributed by atoms with Gasteiger partial charge in [0.15, 0.2) is 0 Å². The van der Waals surface area contributed by atoms with Crippen molar-refractivity contribution in [3.8, 4) is 0 Å². The molecule has 0 saturated heterocycles. The van der Waals surface area contributed by atoms with Crippen molar-refractivity contribution in [1.29, 1.82) is 0 Å². The molecule has 0 amide bonds. The average molecular weight is 594 g/mol. The zero-order valence-corrected chi connectivity index (χ0v) is 22.2. The maximum Gasteiger partial charge on any atom is 4.00 e. The molecule has 0 N–H and O–H groups in total. The minimum atomic E-state index is 0. The summed E-state index contributed by atoms with van der Waals surface area (Å²) in [5, 5.41) is 2.63. The van der Waals surface area contributed by atoms with Crippen LogP contribution in [0.2, 0.25) is 0 Å². The van der Waals surface area contributed by atoms with Crippen molar-refractivity contribution in [2.75, 3.05) is 0 Å². The first-order valence-electron chi connectivity index (χ1n) is 7.34. The van der Waals surface area contributed by atoms with Crippen LogP contribution >= 0.6 is 15.9 Å². The Labute approximate surface area is 194 Å². The second-order valence-corrected chi connectivity index (χ2v) is 6.75. The fraction of sp³-hybridized carbons (Fsp3) is 0.300. The van der Waals surface area contributed by atoms with Gasteiger partial charge in [0.2, 0.25) is 0 Å². The Morgan fingerprint density at radius 3 is 1.79 bits per heavy atom. The van der Waals surface area contributed by atoms with Gasteiger partial charge >= 0.3 is 26.2 Å². The van der Waals surface area contributed by atoms with E-state index in [1.165, 1.54) is 48.6 Å². The van der Waals surface area contributed by atoms with Crippen molar-refractivity contribution in [1.82, 2.24) is 0 Å². The Morgan fingerprint density at radius 2 is 1.42 bits per heavy atom. The summed E-state index contributed by atoms with van der Waals surface area (Å²) in [5.74, 6) is 0. The monoisotopic (exact) mass is 590 g/mol. The number of halogens is 3. The zero-order chi connectivity index (χ0) is 15.7. The van der Waals surface area contributed by atoms with Gasteiger partial charge in [-0.1, -0.05) is 63.5 Å². The summed E-state index contributed by atoms with van der Waals surface area (Å²) < 4.78 is 1.18. The molecule has 0 aliphatic heterocycles. The normalized spacial score (nSPS) is 9.29. The molecule has 0 bridgehead atoms. The standard InChI is InChI=1S/C10H8Br.C10H15.2BrH.Zr/c1-7-5-8-3-2-4-10(11)9(8)6-7;1-6-7(2)9(4)10(5)8(6)3;;;/h2-6H,1H3;1-5H3;2*1H;/q2*-1;;;+4/p-2. The Morgan fingerprint density at radius 1 is 0.917 bits per heavy atom. The number of hydrogen-bond acceptors (Lipinski definition) is 0. The molecule has 4 heteroatoms. The predicted octanol–water partition coefficient (Wildman–Crippen LogP) is 0.583. The van der Waals surface area contributed by atoms with Crippen molar-refractivity contribution < 1.29 is 60.2 Å². The second kappa shape index (κ2) is 11.3. The molecule has 0 saturated carbocycles. The average Bonchev–Trinajstić information content (AvgIpc) is 2.91. The molecule has 3 rings (SSSR count). The van der Waals surface area contributed by atoms with Crippen LogP contribution in [0.4, 0.5) is 0 Å². The first-order chi connectivity index (χ1) is 9.82. The summed E-state index contributed by atoms with van der Waals surface area (Å²) in [5.41, 5.74) is 8.66. The minimum Gasteiger partial charge on any atom is -1.00 e. The van der Waals surface area contributed by atoms with Gasteiger partial charge in [0.1, 0.15) is 0 Å². The van der Waals surface area contributed by atoms with Gasteiger partial charge in [-0.15, -0.1) is 34.5 Å². The molecule has 128 valence electrons. The van der Waals surface area contributed by atoms with E-state index in [0.717, 1.165) is 0 Å². The molecule has 0 fully saturated rings. The van der Waals surface area contributed by atoms with Gasteiger partial charge < -0.3 is 34.0 Å². The van der Waals surface area contributed by atoms with Gasteiger partial charge in [-0.25, -0.2) is 0 Å². The zero-order valence-electron chi connectivity index (χ0n) is 15.0. The van der Waals surface area contributed by atoms with E-state index in [1.807, 2.05) is 0 Å². The van der Waals surface area contributed by atoms with Gasteiger partial charge in [-0.3, -0.25) is 0 Å². The molecule has 24 heavy (non-hydrogen) atoms. The smallest absolute Gasteiger partial charge is 1.00 e. The van der Waals surface area contributed by atoms with E-state index in [1.54, 1.807) is 0 Å². The molecule has 0 aliphatic carbocycles. The molecule has 3 aromatic carbocycles. The van der Waals surface area contributed by atoms with Crippen LogP contribution in [0.3, 0.4) is 0 Å². The van der Waals surface area contributed by atoms with Crippen LogP contribution in [0.1, 0.15) is 33.4 Å². The topological polar surface area (TPSA) is 0 Å². The summed E-state index contributed by atoms with van der Waals surface area (Å²) in [6.45, 7) is 13.1. The molecular weight excluding hydrogens is 571 g/mol. The summed E-state index contributed by atoms with van der Waals surface area (Å²) in [6, 6.07) is 10.7. The Bertz CT molecular complexity index is 702. The van der Waals surface area contributed by atoms with Crippen molar-refractivity contribution in [3.63, 3.8) is 0 Å². The quantitative estimate of drug-likeness (QED) is 0.335. The van der Waals surface area contributed by atoms with Gasteiger partial charge in [0.25, 0.3) is 0 Å². The first kappa shape index (κ1) is 26.7. The molecule has 0 spiro atoms. The summed E-state index contributed by atoms with van der Waals surface area (Å²) in [4.78, 5) is 0. The van der Waals surface area contributed by atoms with E-state index >= 15 is 0 Å². The van der Waals surface area contributed by atoms with E-state index in [4.69, 9.17) is 0 Å². The molecule has 0 unspecified atom stereocenters. The van der Waals surface area contributed by atoms with E-state index in [-0.39, 0.29) is 60.2 Å². The second-order valence-electron chi connectivity index (χ2n) is 5.90. The van der Waals surface area contributed by atoms with Gasteiger partial charge in [0, 0.05) is 0 Å². The fourth-order valence-corrected chi connectivity index (χ4v) is 3.25. The van der Waals surface area contributed by atoms with Crippen LogP contribution in [0.5, 0.6) is 0 Å². The number of rotatable bonds is 0. The predicted molar refractivity (Wildman–Crippen MR) is 97.7 cm³/mol. The number of fused-ring (bicyclic) bond motifs is 1. The number of aryl methyl sites for hydroxylation is 1. The van der Waals surface area contributed by atoms with Crippen LogP contribution in [0, 0.1) is 41.5 Å². The van der Waals surface area contributed by atoms with Crippen LogP contribution in [0.25, 0.3) is 10.8 Å². The van der Waals surface area contributed by atoms with Crippen molar-refractivity contribution in [2.45, 2.75) is 41.5 Å².